The number of benzene rings is 1. The van der Waals surface area contributed by atoms with Crippen molar-refractivity contribution in [2.24, 2.45) is 5.92 Å². The maximum atomic E-state index is 12.2. The van der Waals surface area contributed by atoms with Gasteiger partial charge in [0.15, 0.2) is 0 Å². The lowest BCUT2D eigenvalue weighted by Gasteiger charge is -2.13. The predicted molar refractivity (Wildman–Crippen MR) is 66.8 cm³/mol. The fourth-order valence-corrected chi connectivity index (χ4v) is 1.59. The molecular formula is C13H15F2NO4. The first-order chi connectivity index (χ1) is 9.40. The number of carbonyl (C=O) groups is 2. The van der Waals surface area contributed by atoms with Gasteiger partial charge in [0.2, 0.25) is 0 Å². The van der Waals surface area contributed by atoms with Crippen LogP contribution in [0.1, 0.15) is 23.7 Å². The largest absolute Gasteiger partial charge is 0.481 e. The first-order valence-corrected chi connectivity index (χ1v) is 5.94. The van der Waals surface area contributed by atoms with Gasteiger partial charge in [-0.05, 0) is 18.1 Å². The van der Waals surface area contributed by atoms with Gasteiger partial charge in [0.1, 0.15) is 5.75 Å². The Labute approximate surface area is 114 Å². The SMILES string of the molecule is CC(CNC(=O)c1ccccc1OC(F)F)CC(=O)O. The summed E-state index contributed by atoms with van der Waals surface area (Å²) in [5.41, 5.74) is -0.0182. The highest BCUT2D eigenvalue weighted by Crippen LogP contribution is 2.20. The molecule has 0 fully saturated rings. The predicted octanol–water partition coefficient (Wildman–Crippen LogP) is 2.13. The van der Waals surface area contributed by atoms with Gasteiger partial charge in [-0.1, -0.05) is 19.1 Å². The van der Waals surface area contributed by atoms with E-state index in [1.54, 1.807) is 6.92 Å². The molecule has 1 aromatic carbocycles. The smallest absolute Gasteiger partial charge is 0.387 e. The van der Waals surface area contributed by atoms with Gasteiger partial charge in [-0.15, -0.1) is 0 Å². The Morgan fingerprint density at radius 2 is 2.00 bits per heavy atom. The summed E-state index contributed by atoms with van der Waals surface area (Å²) >= 11 is 0. The number of aliphatic carboxylic acids is 1. The summed E-state index contributed by atoms with van der Waals surface area (Å²) in [5, 5.41) is 11.1. The van der Waals surface area contributed by atoms with Crippen LogP contribution < -0.4 is 10.1 Å². The van der Waals surface area contributed by atoms with Crippen LogP contribution in [0.15, 0.2) is 24.3 Å². The van der Waals surface area contributed by atoms with Crippen LogP contribution in [0, 0.1) is 5.92 Å². The summed E-state index contributed by atoms with van der Waals surface area (Å²) < 4.78 is 28.7. The number of amides is 1. The van der Waals surface area contributed by atoms with Crippen molar-refractivity contribution in [2.45, 2.75) is 20.0 Å². The zero-order valence-electron chi connectivity index (χ0n) is 10.8. The van der Waals surface area contributed by atoms with Crippen LogP contribution >= 0.6 is 0 Å². The summed E-state index contributed by atoms with van der Waals surface area (Å²) in [6, 6.07) is 5.62. The van der Waals surface area contributed by atoms with E-state index >= 15 is 0 Å². The van der Waals surface area contributed by atoms with Crippen LogP contribution in [0.5, 0.6) is 5.75 Å². The maximum Gasteiger partial charge on any atom is 0.387 e. The molecule has 0 bridgehead atoms. The number of halogens is 2. The van der Waals surface area contributed by atoms with Crippen molar-refractivity contribution in [1.29, 1.82) is 0 Å². The molecule has 2 N–H and O–H groups in total. The lowest BCUT2D eigenvalue weighted by Crippen LogP contribution is -2.29. The molecule has 1 rings (SSSR count). The maximum absolute atomic E-state index is 12.2. The third kappa shape index (κ3) is 5.21. The van der Waals surface area contributed by atoms with Gasteiger partial charge in [-0.3, -0.25) is 9.59 Å². The Hall–Kier alpha value is -2.18. The molecular weight excluding hydrogens is 272 g/mol. The Bertz CT molecular complexity index is 479. The van der Waals surface area contributed by atoms with E-state index in [-0.39, 0.29) is 30.2 Å². The molecule has 1 unspecified atom stereocenters. The number of hydrogen-bond donors (Lipinski definition) is 2. The van der Waals surface area contributed by atoms with Gasteiger partial charge in [0.25, 0.3) is 5.91 Å². The summed E-state index contributed by atoms with van der Waals surface area (Å²) in [6.07, 6.45) is -0.0878. The molecule has 1 aromatic rings. The van der Waals surface area contributed by atoms with Crippen molar-refractivity contribution >= 4 is 11.9 Å². The van der Waals surface area contributed by atoms with Gasteiger partial charge >= 0.3 is 12.6 Å². The fraction of sp³-hybridized carbons (Fsp3) is 0.385. The summed E-state index contributed by atoms with van der Waals surface area (Å²) in [6.45, 7) is -1.22. The molecule has 1 amide bonds. The number of rotatable bonds is 7. The molecule has 0 aliphatic heterocycles. The van der Waals surface area contributed by atoms with Gasteiger partial charge in [0, 0.05) is 13.0 Å². The summed E-state index contributed by atoms with van der Waals surface area (Å²) in [7, 11) is 0. The van der Waals surface area contributed by atoms with Crippen molar-refractivity contribution in [3.05, 3.63) is 29.8 Å². The molecule has 7 heteroatoms. The van der Waals surface area contributed by atoms with E-state index in [0.717, 1.165) is 0 Å². The van der Waals surface area contributed by atoms with E-state index in [1.165, 1.54) is 24.3 Å². The average Bonchev–Trinajstić information content (AvgIpc) is 2.35. The minimum atomic E-state index is -3.02. The van der Waals surface area contributed by atoms with Gasteiger partial charge in [0.05, 0.1) is 5.56 Å². The van der Waals surface area contributed by atoms with Crippen molar-refractivity contribution in [1.82, 2.24) is 5.32 Å². The highest BCUT2D eigenvalue weighted by Gasteiger charge is 2.16. The number of carboxylic acid groups (broad SMARTS) is 1. The number of alkyl halides is 2. The molecule has 0 aromatic heterocycles. The number of ether oxygens (including phenoxy) is 1. The number of para-hydroxylation sites is 1. The van der Waals surface area contributed by atoms with E-state index in [2.05, 4.69) is 10.1 Å². The Kier molecular flexibility index (Phi) is 5.89. The van der Waals surface area contributed by atoms with Crippen LogP contribution in [-0.2, 0) is 4.79 Å². The Balaban J connectivity index is 2.65. The average molecular weight is 287 g/mol. The third-order valence-electron chi connectivity index (χ3n) is 2.48. The monoisotopic (exact) mass is 287 g/mol. The summed E-state index contributed by atoms with van der Waals surface area (Å²) in [4.78, 5) is 22.3. The van der Waals surface area contributed by atoms with Crippen LogP contribution in [0.3, 0.4) is 0 Å². The summed E-state index contributed by atoms with van der Waals surface area (Å²) in [5.74, 6) is -2.03. The first-order valence-electron chi connectivity index (χ1n) is 5.94. The van der Waals surface area contributed by atoms with Crippen LogP contribution in [0.25, 0.3) is 0 Å². The fourth-order valence-electron chi connectivity index (χ4n) is 1.59. The topological polar surface area (TPSA) is 75.6 Å². The number of carbonyl (C=O) groups excluding carboxylic acids is 1. The lowest BCUT2D eigenvalue weighted by molar-refractivity contribution is -0.137. The molecule has 0 spiro atoms. The quantitative estimate of drug-likeness (QED) is 0.805. The van der Waals surface area contributed by atoms with Crippen LogP contribution in [0.4, 0.5) is 8.78 Å². The first kappa shape index (κ1) is 15.9. The Morgan fingerprint density at radius 1 is 1.35 bits per heavy atom. The number of nitrogens with one attached hydrogen (secondary N) is 1. The van der Waals surface area contributed by atoms with Gasteiger partial charge < -0.3 is 15.2 Å². The van der Waals surface area contributed by atoms with E-state index < -0.39 is 18.5 Å². The van der Waals surface area contributed by atoms with Crippen LogP contribution in [-0.4, -0.2) is 30.1 Å². The molecule has 0 saturated heterocycles. The van der Waals surface area contributed by atoms with Crippen molar-refractivity contribution in [3.8, 4) is 5.75 Å². The lowest BCUT2D eigenvalue weighted by atomic mass is 10.1. The van der Waals surface area contributed by atoms with Gasteiger partial charge in [-0.2, -0.15) is 8.78 Å². The van der Waals surface area contributed by atoms with Gasteiger partial charge in [-0.25, -0.2) is 0 Å². The minimum Gasteiger partial charge on any atom is -0.481 e. The minimum absolute atomic E-state index is 0.0182. The van der Waals surface area contributed by atoms with Crippen molar-refractivity contribution in [2.75, 3.05) is 6.54 Å². The highest BCUT2D eigenvalue weighted by molar-refractivity contribution is 5.96. The number of hydrogen-bond acceptors (Lipinski definition) is 3. The van der Waals surface area contributed by atoms with Crippen molar-refractivity contribution in [3.63, 3.8) is 0 Å². The molecule has 110 valence electrons. The molecule has 0 heterocycles. The van der Waals surface area contributed by atoms with E-state index in [9.17, 15) is 18.4 Å². The second-order valence-corrected chi connectivity index (χ2v) is 4.29. The van der Waals surface area contributed by atoms with Crippen LogP contribution in [0.2, 0.25) is 0 Å². The molecule has 1 atom stereocenters. The molecule has 0 saturated carbocycles. The third-order valence-corrected chi connectivity index (χ3v) is 2.48. The number of carboxylic acids is 1. The zero-order chi connectivity index (χ0) is 15.1. The van der Waals surface area contributed by atoms with Crippen molar-refractivity contribution < 1.29 is 28.2 Å². The normalized spacial score (nSPS) is 12.0. The zero-order valence-corrected chi connectivity index (χ0v) is 10.8. The highest BCUT2D eigenvalue weighted by atomic mass is 19.3. The molecule has 0 radical (unpaired) electrons. The molecule has 0 aliphatic rings. The van der Waals surface area contributed by atoms with E-state index in [4.69, 9.17) is 5.11 Å². The van der Waals surface area contributed by atoms with E-state index in [1.807, 2.05) is 0 Å². The second-order valence-electron chi connectivity index (χ2n) is 4.29. The Morgan fingerprint density at radius 3 is 2.60 bits per heavy atom. The standard InChI is InChI=1S/C13H15F2NO4/c1-8(6-11(17)18)7-16-12(19)9-4-2-3-5-10(9)20-13(14)15/h2-5,8,13H,6-7H2,1H3,(H,16,19)(H,17,18). The molecule has 20 heavy (non-hydrogen) atoms. The second kappa shape index (κ2) is 7.42. The molecule has 5 nitrogen and oxygen atoms in total. The van der Waals surface area contributed by atoms with E-state index in [0.29, 0.717) is 0 Å². The molecule has 0 aliphatic carbocycles.